The van der Waals surface area contributed by atoms with Gasteiger partial charge in [-0.25, -0.2) is 0 Å². The molecule has 8 nitrogen and oxygen atoms in total. The van der Waals surface area contributed by atoms with E-state index in [1.807, 2.05) is 49.4 Å². The number of halogens is 1. The average Bonchev–Trinajstić information content (AvgIpc) is 3.19. The number of hydrogen-bond donors (Lipinski definition) is 1. The minimum atomic E-state index is -0.457. The molecule has 0 amide bonds. The molecule has 1 aliphatic rings. The zero-order chi connectivity index (χ0) is 21.3. The lowest BCUT2D eigenvalue weighted by atomic mass is 9.93. The summed E-state index contributed by atoms with van der Waals surface area (Å²) < 4.78 is 14.1. The number of carbonyl (C=O) groups is 1. The number of nitrogens with one attached hydrogen (secondary N) is 1. The van der Waals surface area contributed by atoms with E-state index in [1.54, 1.807) is 11.8 Å². The van der Waals surface area contributed by atoms with Crippen molar-refractivity contribution in [3.05, 3.63) is 69.3 Å². The third kappa shape index (κ3) is 3.80. The number of methoxy groups -OCH3 is 1. The van der Waals surface area contributed by atoms with Crippen molar-refractivity contribution < 1.29 is 14.3 Å². The summed E-state index contributed by atoms with van der Waals surface area (Å²) >= 11 is 3.47. The SMILES string of the molecule is COc1cc(C2C(C(C)=O)=C(C)Nc3nnnn32)ccc1OCc1cccc(Br)c1. The van der Waals surface area contributed by atoms with E-state index in [4.69, 9.17) is 9.47 Å². The van der Waals surface area contributed by atoms with Crippen molar-refractivity contribution in [1.82, 2.24) is 20.2 Å². The van der Waals surface area contributed by atoms with Gasteiger partial charge in [0.1, 0.15) is 12.6 Å². The quantitative estimate of drug-likeness (QED) is 0.584. The normalized spacial score (nSPS) is 15.4. The number of hydrogen-bond acceptors (Lipinski definition) is 7. The number of anilines is 1. The number of benzene rings is 2. The summed E-state index contributed by atoms with van der Waals surface area (Å²) in [6.45, 7) is 3.78. The van der Waals surface area contributed by atoms with Crippen LogP contribution in [0.2, 0.25) is 0 Å². The molecule has 1 N–H and O–H groups in total. The van der Waals surface area contributed by atoms with Crippen molar-refractivity contribution in [1.29, 1.82) is 0 Å². The first-order valence-corrected chi connectivity index (χ1v) is 10.1. The summed E-state index contributed by atoms with van der Waals surface area (Å²) in [5, 5.41) is 14.9. The molecular weight excluding hydrogens is 450 g/mol. The predicted molar refractivity (Wildman–Crippen MR) is 114 cm³/mol. The van der Waals surface area contributed by atoms with Gasteiger partial charge in [0.25, 0.3) is 0 Å². The Morgan fingerprint density at radius 2 is 2.07 bits per heavy atom. The van der Waals surface area contributed by atoms with Crippen LogP contribution in [0, 0.1) is 0 Å². The maximum absolute atomic E-state index is 12.4. The highest BCUT2D eigenvalue weighted by Crippen LogP contribution is 2.38. The third-order valence-corrected chi connectivity index (χ3v) is 5.37. The maximum Gasteiger partial charge on any atom is 0.248 e. The number of fused-ring (bicyclic) bond motifs is 1. The van der Waals surface area contributed by atoms with Gasteiger partial charge < -0.3 is 14.8 Å². The molecule has 0 aliphatic carbocycles. The molecule has 1 unspecified atom stereocenters. The van der Waals surface area contributed by atoms with Crippen molar-refractivity contribution in [3.63, 3.8) is 0 Å². The third-order valence-electron chi connectivity index (χ3n) is 4.88. The van der Waals surface area contributed by atoms with Crippen LogP contribution in [0.4, 0.5) is 5.95 Å². The zero-order valence-electron chi connectivity index (χ0n) is 16.7. The molecule has 9 heteroatoms. The van der Waals surface area contributed by atoms with E-state index in [9.17, 15) is 4.79 Å². The van der Waals surface area contributed by atoms with Crippen LogP contribution < -0.4 is 14.8 Å². The largest absolute Gasteiger partial charge is 0.493 e. The molecule has 0 radical (unpaired) electrons. The van der Waals surface area contributed by atoms with E-state index < -0.39 is 6.04 Å². The second-order valence-electron chi connectivity index (χ2n) is 6.90. The van der Waals surface area contributed by atoms with Gasteiger partial charge in [0, 0.05) is 15.7 Å². The van der Waals surface area contributed by atoms with Crippen LogP contribution in [0.3, 0.4) is 0 Å². The number of carbonyl (C=O) groups excluding carboxylic acids is 1. The summed E-state index contributed by atoms with van der Waals surface area (Å²) in [5.74, 6) is 1.60. The van der Waals surface area contributed by atoms with Crippen molar-refractivity contribution >= 4 is 27.7 Å². The monoisotopic (exact) mass is 469 g/mol. The summed E-state index contributed by atoms with van der Waals surface area (Å²) in [4.78, 5) is 12.4. The lowest BCUT2D eigenvalue weighted by molar-refractivity contribution is -0.114. The van der Waals surface area contributed by atoms with Gasteiger partial charge in [-0.3, -0.25) is 4.79 Å². The van der Waals surface area contributed by atoms with Crippen LogP contribution >= 0.6 is 15.9 Å². The fourth-order valence-corrected chi connectivity index (χ4v) is 3.98. The Morgan fingerprint density at radius 1 is 1.23 bits per heavy atom. The van der Waals surface area contributed by atoms with Crippen LogP contribution in [0.5, 0.6) is 11.5 Å². The molecule has 0 bridgehead atoms. The standard InChI is InChI=1S/C21H20BrN5O3/c1-12-19(13(2)28)20(27-21(23-12)24-25-26-27)15-7-8-17(18(10-15)29-3)30-11-14-5-4-6-16(22)9-14/h4-10,20H,11H2,1-3H3,(H,23,24,26). The van der Waals surface area contributed by atoms with E-state index >= 15 is 0 Å². The van der Waals surface area contributed by atoms with E-state index in [1.165, 1.54) is 6.92 Å². The molecule has 0 saturated heterocycles. The van der Waals surface area contributed by atoms with Crippen LogP contribution in [-0.4, -0.2) is 33.1 Å². The Bertz CT molecular complexity index is 1140. The molecule has 154 valence electrons. The molecule has 1 aliphatic heterocycles. The average molecular weight is 470 g/mol. The first-order chi connectivity index (χ1) is 14.5. The van der Waals surface area contributed by atoms with Crippen molar-refractivity contribution in [2.75, 3.05) is 12.4 Å². The summed E-state index contributed by atoms with van der Waals surface area (Å²) in [7, 11) is 1.59. The summed E-state index contributed by atoms with van der Waals surface area (Å²) in [6, 6.07) is 13.1. The second-order valence-corrected chi connectivity index (χ2v) is 7.81. The topological polar surface area (TPSA) is 91.2 Å². The minimum Gasteiger partial charge on any atom is -0.493 e. The Kier molecular flexibility index (Phi) is 5.54. The second kappa shape index (κ2) is 8.27. The Balaban J connectivity index is 1.68. The Morgan fingerprint density at radius 3 is 2.80 bits per heavy atom. The number of Topliss-reactive ketones (excluding diaryl/α,β-unsaturated/α-hetero) is 1. The molecule has 3 aromatic rings. The maximum atomic E-state index is 12.4. The van der Waals surface area contributed by atoms with Crippen molar-refractivity contribution in [3.8, 4) is 11.5 Å². The van der Waals surface area contributed by atoms with E-state index in [0.29, 0.717) is 29.6 Å². The number of tetrazole rings is 1. The molecule has 2 aromatic carbocycles. The minimum absolute atomic E-state index is 0.0555. The van der Waals surface area contributed by atoms with Gasteiger partial charge in [-0.15, -0.1) is 0 Å². The van der Waals surface area contributed by atoms with E-state index in [0.717, 1.165) is 21.3 Å². The van der Waals surface area contributed by atoms with Gasteiger partial charge in [0.05, 0.1) is 7.11 Å². The van der Waals surface area contributed by atoms with E-state index in [2.05, 4.69) is 36.8 Å². The van der Waals surface area contributed by atoms with Gasteiger partial charge in [-0.1, -0.05) is 39.2 Å². The lowest BCUT2D eigenvalue weighted by Gasteiger charge is -2.27. The molecule has 1 aromatic heterocycles. The summed E-state index contributed by atoms with van der Waals surface area (Å²) in [5.41, 5.74) is 3.18. The number of allylic oxidation sites excluding steroid dienone is 2. The van der Waals surface area contributed by atoms with Crippen LogP contribution in [0.25, 0.3) is 0 Å². The molecule has 0 spiro atoms. The van der Waals surface area contributed by atoms with Gasteiger partial charge in [0.2, 0.25) is 5.95 Å². The fourth-order valence-electron chi connectivity index (χ4n) is 3.54. The predicted octanol–water partition coefficient (Wildman–Crippen LogP) is 3.90. The van der Waals surface area contributed by atoms with Gasteiger partial charge >= 0.3 is 0 Å². The molecule has 30 heavy (non-hydrogen) atoms. The molecule has 0 fully saturated rings. The van der Waals surface area contributed by atoms with Crippen LogP contribution in [0.15, 0.2) is 58.2 Å². The first-order valence-electron chi connectivity index (χ1n) is 9.29. The molecule has 1 atom stereocenters. The number of rotatable bonds is 6. The summed E-state index contributed by atoms with van der Waals surface area (Å²) in [6.07, 6.45) is 0. The van der Waals surface area contributed by atoms with Crippen molar-refractivity contribution in [2.45, 2.75) is 26.5 Å². The molecular formula is C21H20BrN5O3. The smallest absolute Gasteiger partial charge is 0.248 e. The Labute approximate surface area is 182 Å². The van der Waals surface area contributed by atoms with E-state index in [-0.39, 0.29) is 5.78 Å². The lowest BCUT2D eigenvalue weighted by Crippen LogP contribution is -2.27. The van der Waals surface area contributed by atoms with Crippen LogP contribution in [-0.2, 0) is 11.4 Å². The highest BCUT2D eigenvalue weighted by molar-refractivity contribution is 9.10. The van der Waals surface area contributed by atoms with Gasteiger partial charge in [0.15, 0.2) is 17.3 Å². The molecule has 4 rings (SSSR count). The Hall–Kier alpha value is -3.20. The highest BCUT2D eigenvalue weighted by atomic mass is 79.9. The fraction of sp³-hybridized carbons (Fsp3) is 0.238. The zero-order valence-corrected chi connectivity index (χ0v) is 18.3. The van der Waals surface area contributed by atoms with Crippen molar-refractivity contribution in [2.24, 2.45) is 0 Å². The number of nitrogens with zero attached hydrogens (tertiary/aromatic N) is 4. The number of ether oxygens (including phenoxy) is 2. The highest BCUT2D eigenvalue weighted by Gasteiger charge is 2.32. The van der Waals surface area contributed by atoms with Crippen LogP contribution in [0.1, 0.15) is 31.0 Å². The first kappa shape index (κ1) is 20.1. The number of ketones is 1. The number of aromatic nitrogens is 4. The van der Waals surface area contributed by atoms with Gasteiger partial charge in [-0.2, -0.15) is 4.68 Å². The molecule has 2 heterocycles. The van der Waals surface area contributed by atoms with Gasteiger partial charge in [-0.05, 0) is 59.7 Å². The molecule has 0 saturated carbocycles.